The number of nitrogens with one attached hydrogen (secondary N) is 1. The maximum Gasteiger partial charge on any atom is 0.311 e. The van der Waals surface area contributed by atoms with E-state index in [0.29, 0.717) is 31.0 Å². The number of H-pyrrole nitrogens is 1. The van der Waals surface area contributed by atoms with Crippen molar-refractivity contribution in [2.24, 2.45) is 0 Å². The molecule has 1 atom stereocenters. The van der Waals surface area contributed by atoms with Crippen LogP contribution < -0.4 is 9.64 Å². The van der Waals surface area contributed by atoms with Gasteiger partial charge in [0, 0.05) is 48.8 Å². The minimum Gasteiger partial charge on any atom is -0.424 e. The Morgan fingerprint density at radius 3 is 2.53 bits per heavy atom. The largest absolute Gasteiger partial charge is 0.424 e. The van der Waals surface area contributed by atoms with Crippen molar-refractivity contribution in [1.82, 2.24) is 4.98 Å². The van der Waals surface area contributed by atoms with Gasteiger partial charge in [-0.05, 0) is 30.9 Å². The van der Waals surface area contributed by atoms with Gasteiger partial charge in [-0.15, -0.1) is 11.6 Å². The van der Waals surface area contributed by atoms with Crippen LogP contribution in [0.15, 0.2) is 12.3 Å². The smallest absolute Gasteiger partial charge is 0.311 e. The first-order chi connectivity index (χ1) is 14.5. The number of nitrogens with zero attached hydrogens (tertiary/aromatic N) is 1. The molecule has 2 heterocycles. The van der Waals surface area contributed by atoms with Gasteiger partial charge in [-0.2, -0.15) is 0 Å². The molecule has 30 heavy (non-hydrogen) atoms. The summed E-state index contributed by atoms with van der Waals surface area (Å²) in [5.74, 6) is 0.902. The van der Waals surface area contributed by atoms with Crippen LogP contribution in [0.1, 0.15) is 82.3 Å². The number of halogens is 1. The van der Waals surface area contributed by atoms with Gasteiger partial charge in [0.2, 0.25) is 5.91 Å². The lowest BCUT2D eigenvalue weighted by molar-refractivity contribution is -0.134. The van der Waals surface area contributed by atoms with Crippen LogP contribution in [0.2, 0.25) is 0 Å². The number of benzene rings is 1. The maximum absolute atomic E-state index is 13.0. The number of alkyl halides is 1. The number of aromatic nitrogens is 1. The van der Waals surface area contributed by atoms with Crippen LogP contribution in [0.3, 0.4) is 0 Å². The average molecular weight is 433 g/mol. The second kappa shape index (κ2) is 10.3. The van der Waals surface area contributed by atoms with Crippen LogP contribution in [-0.2, 0) is 9.59 Å². The number of anilines is 1. The Kier molecular flexibility index (Phi) is 7.81. The third-order valence-corrected chi connectivity index (χ3v) is 6.30. The van der Waals surface area contributed by atoms with Gasteiger partial charge in [0.1, 0.15) is 0 Å². The molecule has 0 aliphatic carbocycles. The van der Waals surface area contributed by atoms with E-state index in [-0.39, 0.29) is 17.8 Å². The molecular weight excluding hydrogens is 400 g/mol. The molecule has 0 radical (unpaired) electrons. The number of hydrogen-bond acceptors (Lipinski definition) is 3. The topological polar surface area (TPSA) is 62.4 Å². The molecule has 2 aromatic rings. The Balaban J connectivity index is 1.97. The summed E-state index contributed by atoms with van der Waals surface area (Å²) in [6.45, 7) is 6.85. The molecule has 1 aliphatic heterocycles. The first kappa shape index (κ1) is 22.7. The van der Waals surface area contributed by atoms with E-state index < -0.39 is 0 Å². The zero-order valence-electron chi connectivity index (χ0n) is 18.4. The fraction of sp³-hybridized carbons (Fsp3) is 0.583. The monoisotopic (exact) mass is 432 g/mol. The van der Waals surface area contributed by atoms with Crippen molar-refractivity contribution >= 4 is 40.1 Å². The summed E-state index contributed by atoms with van der Waals surface area (Å²) in [5, 5.41) is 1.03. The van der Waals surface area contributed by atoms with Crippen molar-refractivity contribution in [1.29, 1.82) is 0 Å². The van der Waals surface area contributed by atoms with Crippen LogP contribution in [0.5, 0.6) is 5.75 Å². The number of carbonyl (C=O) groups excluding carboxylic acids is 2. The van der Waals surface area contributed by atoms with E-state index in [2.05, 4.69) is 18.8 Å². The summed E-state index contributed by atoms with van der Waals surface area (Å²) in [4.78, 5) is 30.5. The summed E-state index contributed by atoms with van der Waals surface area (Å²) < 4.78 is 5.77. The predicted molar refractivity (Wildman–Crippen MR) is 123 cm³/mol. The fourth-order valence-corrected chi connectivity index (χ4v) is 4.56. The first-order valence-electron chi connectivity index (χ1n) is 11.2. The molecule has 0 saturated heterocycles. The van der Waals surface area contributed by atoms with Crippen molar-refractivity contribution in [3.05, 3.63) is 23.4 Å². The average Bonchev–Trinajstić information content (AvgIpc) is 3.29. The van der Waals surface area contributed by atoms with Crippen LogP contribution in [0, 0.1) is 6.92 Å². The second-order valence-corrected chi connectivity index (χ2v) is 8.58. The van der Waals surface area contributed by atoms with Crippen LogP contribution in [0.25, 0.3) is 10.9 Å². The van der Waals surface area contributed by atoms with E-state index in [1.165, 1.54) is 0 Å². The molecule has 0 unspecified atom stereocenters. The van der Waals surface area contributed by atoms with E-state index in [9.17, 15) is 9.59 Å². The molecule has 6 heteroatoms. The summed E-state index contributed by atoms with van der Waals surface area (Å²) in [5.41, 5.74) is 3.81. The number of ether oxygens (including phenoxy) is 1. The molecule has 0 fully saturated rings. The van der Waals surface area contributed by atoms with Crippen LogP contribution in [0.4, 0.5) is 5.69 Å². The molecule has 1 N–H and O–H groups in total. The number of hydrogen-bond donors (Lipinski definition) is 1. The number of amides is 1. The number of rotatable bonds is 10. The van der Waals surface area contributed by atoms with Crippen molar-refractivity contribution in [3.8, 4) is 5.75 Å². The van der Waals surface area contributed by atoms with Crippen LogP contribution >= 0.6 is 11.6 Å². The summed E-state index contributed by atoms with van der Waals surface area (Å²) >= 11 is 6.31. The highest BCUT2D eigenvalue weighted by Crippen LogP contribution is 2.46. The molecule has 3 rings (SSSR count). The lowest BCUT2D eigenvalue weighted by Gasteiger charge is -2.19. The normalized spacial score (nSPS) is 15.6. The summed E-state index contributed by atoms with van der Waals surface area (Å²) in [7, 11) is 0. The molecule has 164 valence electrons. The second-order valence-electron chi connectivity index (χ2n) is 8.27. The van der Waals surface area contributed by atoms with E-state index in [1.807, 2.05) is 24.1 Å². The standard InChI is InChI=1S/C24H33ClN2O3/c1-4-6-8-10-20(28)27-15-17(13-25)23-18(27)12-19(24-22(23)16(3)14-26-24)30-21(29)11-9-7-5-2/h12,14,17,26H,4-11,13,15H2,1-3H3/t17-/m1/s1. The molecule has 1 aromatic carbocycles. The Bertz CT molecular complexity index is 905. The van der Waals surface area contributed by atoms with Gasteiger partial charge in [0.25, 0.3) is 0 Å². The Morgan fingerprint density at radius 1 is 1.17 bits per heavy atom. The number of unbranched alkanes of at least 4 members (excludes halogenated alkanes) is 4. The molecular formula is C24H33ClN2O3. The van der Waals surface area contributed by atoms with Crippen LogP contribution in [-0.4, -0.2) is 29.3 Å². The first-order valence-corrected chi connectivity index (χ1v) is 11.8. The number of carbonyl (C=O) groups is 2. The minimum absolute atomic E-state index is 0.0723. The van der Waals surface area contributed by atoms with Gasteiger partial charge >= 0.3 is 5.97 Å². The number of aryl methyl sites for hydroxylation is 1. The molecule has 0 saturated carbocycles. The van der Waals surface area contributed by atoms with Gasteiger partial charge < -0.3 is 14.6 Å². The van der Waals surface area contributed by atoms with Crippen molar-refractivity contribution in [3.63, 3.8) is 0 Å². The lowest BCUT2D eigenvalue weighted by atomic mass is 9.96. The predicted octanol–water partition coefficient (Wildman–Crippen LogP) is 6.21. The molecule has 1 amide bonds. The van der Waals surface area contributed by atoms with Crippen molar-refractivity contribution in [2.75, 3.05) is 17.3 Å². The molecule has 0 bridgehead atoms. The van der Waals surface area contributed by atoms with Gasteiger partial charge in [-0.25, -0.2) is 0 Å². The number of fused-ring (bicyclic) bond motifs is 3. The van der Waals surface area contributed by atoms with Gasteiger partial charge in [0.05, 0.1) is 11.2 Å². The molecule has 1 aliphatic rings. The van der Waals surface area contributed by atoms with E-state index in [1.54, 1.807) is 0 Å². The summed E-state index contributed by atoms with van der Waals surface area (Å²) in [6.07, 6.45) is 8.75. The van der Waals surface area contributed by atoms with Gasteiger partial charge in [-0.1, -0.05) is 39.5 Å². The highest BCUT2D eigenvalue weighted by atomic mass is 35.5. The highest BCUT2D eigenvalue weighted by molar-refractivity contribution is 6.19. The quantitative estimate of drug-likeness (QED) is 0.210. The zero-order valence-corrected chi connectivity index (χ0v) is 19.1. The molecule has 5 nitrogen and oxygen atoms in total. The third kappa shape index (κ3) is 4.66. The maximum atomic E-state index is 13.0. The Morgan fingerprint density at radius 2 is 1.87 bits per heavy atom. The number of esters is 1. The SMILES string of the molecule is CCCCCC(=O)Oc1cc2c(c3c(C)c[nH]c13)[C@H](CCl)CN2C(=O)CCCCC. The zero-order chi connectivity index (χ0) is 21.7. The minimum atomic E-state index is -0.232. The molecule has 1 aromatic heterocycles. The fourth-order valence-electron chi connectivity index (χ4n) is 4.31. The third-order valence-electron chi connectivity index (χ3n) is 5.93. The van der Waals surface area contributed by atoms with E-state index in [4.69, 9.17) is 16.3 Å². The van der Waals surface area contributed by atoms with E-state index in [0.717, 1.165) is 66.2 Å². The van der Waals surface area contributed by atoms with E-state index >= 15 is 0 Å². The van der Waals surface area contributed by atoms with Gasteiger partial charge in [-0.3, -0.25) is 9.59 Å². The van der Waals surface area contributed by atoms with Crippen molar-refractivity contribution in [2.45, 2.75) is 78.1 Å². The van der Waals surface area contributed by atoms with Gasteiger partial charge in [0.15, 0.2) is 5.75 Å². The Labute approximate surface area is 184 Å². The van der Waals surface area contributed by atoms with Crippen molar-refractivity contribution < 1.29 is 14.3 Å². The Hall–Kier alpha value is -2.01. The summed E-state index contributed by atoms with van der Waals surface area (Å²) in [6, 6.07) is 1.86. The highest BCUT2D eigenvalue weighted by Gasteiger charge is 2.35. The molecule has 0 spiro atoms. The lowest BCUT2D eigenvalue weighted by Crippen LogP contribution is -2.29. The number of aromatic amines is 1.